The van der Waals surface area contributed by atoms with E-state index in [-0.39, 0.29) is 5.91 Å². The maximum absolute atomic E-state index is 12.0. The van der Waals surface area contributed by atoms with Gasteiger partial charge in [0.25, 0.3) is 0 Å². The Labute approximate surface area is 139 Å². The number of benzene rings is 1. The summed E-state index contributed by atoms with van der Waals surface area (Å²) in [5.74, 6) is 0.886. The van der Waals surface area contributed by atoms with Crippen LogP contribution >= 0.6 is 23.1 Å². The van der Waals surface area contributed by atoms with Gasteiger partial charge in [-0.3, -0.25) is 4.79 Å². The number of nitrogens with zero attached hydrogens (tertiary/aromatic N) is 1. The molecule has 0 aliphatic carbocycles. The van der Waals surface area contributed by atoms with Crippen LogP contribution in [0.2, 0.25) is 0 Å². The average molecular weight is 330 g/mol. The molecule has 0 atom stereocenters. The van der Waals surface area contributed by atoms with Crippen LogP contribution in [-0.4, -0.2) is 11.7 Å². The Bertz CT molecular complexity index is 687. The molecule has 22 heavy (non-hydrogen) atoms. The van der Waals surface area contributed by atoms with Gasteiger partial charge in [-0.25, -0.2) is 0 Å². The summed E-state index contributed by atoms with van der Waals surface area (Å²) in [4.78, 5) is 14.3. The van der Waals surface area contributed by atoms with Crippen molar-refractivity contribution in [2.75, 3.05) is 11.1 Å². The van der Waals surface area contributed by atoms with E-state index >= 15 is 0 Å². The molecule has 0 aliphatic heterocycles. The first-order chi connectivity index (χ1) is 10.6. The van der Waals surface area contributed by atoms with Crippen LogP contribution in [-0.2, 0) is 4.79 Å². The molecule has 0 radical (unpaired) electrons. The third kappa shape index (κ3) is 4.36. The van der Waals surface area contributed by atoms with Crippen molar-refractivity contribution in [1.82, 2.24) is 0 Å². The van der Waals surface area contributed by atoms with Gasteiger partial charge in [-0.15, -0.1) is 23.1 Å². The van der Waals surface area contributed by atoms with Crippen molar-refractivity contribution in [1.29, 1.82) is 5.26 Å². The lowest BCUT2D eigenvalue weighted by Crippen LogP contribution is -2.11. The monoisotopic (exact) mass is 330 g/mol. The van der Waals surface area contributed by atoms with E-state index in [1.165, 1.54) is 16.2 Å². The average Bonchev–Trinajstić information content (AvgIpc) is 2.78. The number of nitrogens with one attached hydrogen (secondary N) is 1. The van der Waals surface area contributed by atoms with Gasteiger partial charge in [0.2, 0.25) is 5.91 Å². The van der Waals surface area contributed by atoms with E-state index in [1.807, 2.05) is 32.0 Å². The van der Waals surface area contributed by atoms with E-state index in [2.05, 4.69) is 23.5 Å². The first kappa shape index (κ1) is 16.6. The van der Waals surface area contributed by atoms with Gasteiger partial charge in [0.1, 0.15) is 11.1 Å². The molecule has 0 fully saturated rings. The Morgan fingerprint density at radius 1 is 1.32 bits per heavy atom. The molecule has 114 valence electrons. The number of carbonyl (C=O) groups excluding carboxylic acids is 1. The zero-order chi connectivity index (χ0) is 15.9. The number of aryl methyl sites for hydroxylation is 1. The molecule has 1 aromatic carbocycles. The molecule has 1 amide bonds. The lowest BCUT2D eigenvalue weighted by molar-refractivity contribution is -0.116. The van der Waals surface area contributed by atoms with Gasteiger partial charge in [-0.2, -0.15) is 5.26 Å². The first-order valence-corrected chi connectivity index (χ1v) is 8.90. The highest BCUT2D eigenvalue weighted by molar-refractivity contribution is 7.99. The number of anilines is 1. The highest BCUT2D eigenvalue weighted by atomic mass is 32.2. The van der Waals surface area contributed by atoms with Gasteiger partial charge >= 0.3 is 0 Å². The van der Waals surface area contributed by atoms with E-state index in [1.54, 1.807) is 11.8 Å². The number of carbonyl (C=O) groups is 1. The summed E-state index contributed by atoms with van der Waals surface area (Å²) in [6.45, 7) is 3.88. The second kappa shape index (κ2) is 8.02. The molecule has 0 aliphatic rings. The fourth-order valence-electron chi connectivity index (χ4n) is 1.98. The SMILES string of the molecule is Cc1sc(NC(=O)CCCSc2ccccc2)c(C#N)c1C. The number of amides is 1. The fraction of sp³-hybridized carbons (Fsp3) is 0.294. The Balaban J connectivity index is 1.79. The maximum Gasteiger partial charge on any atom is 0.225 e. The van der Waals surface area contributed by atoms with Crippen molar-refractivity contribution in [2.24, 2.45) is 0 Å². The number of thiophene rings is 1. The van der Waals surface area contributed by atoms with Crippen LogP contribution < -0.4 is 5.32 Å². The smallest absolute Gasteiger partial charge is 0.225 e. The normalized spacial score (nSPS) is 10.2. The Kier molecular flexibility index (Phi) is 6.05. The third-order valence-electron chi connectivity index (χ3n) is 3.31. The fourth-order valence-corrected chi connectivity index (χ4v) is 3.88. The number of hydrogen-bond acceptors (Lipinski definition) is 4. The predicted molar refractivity (Wildman–Crippen MR) is 93.5 cm³/mol. The topological polar surface area (TPSA) is 52.9 Å². The second-order valence-electron chi connectivity index (χ2n) is 4.91. The Morgan fingerprint density at radius 2 is 2.05 bits per heavy atom. The molecule has 0 saturated heterocycles. The molecular weight excluding hydrogens is 312 g/mol. The van der Waals surface area contributed by atoms with Gasteiger partial charge in [-0.05, 0) is 43.7 Å². The van der Waals surface area contributed by atoms with E-state index in [9.17, 15) is 4.79 Å². The van der Waals surface area contributed by atoms with Crippen molar-refractivity contribution >= 4 is 34.0 Å². The van der Waals surface area contributed by atoms with Gasteiger partial charge < -0.3 is 5.32 Å². The Hall–Kier alpha value is -1.77. The molecule has 2 rings (SSSR count). The molecule has 0 spiro atoms. The summed E-state index contributed by atoms with van der Waals surface area (Å²) in [5, 5.41) is 12.7. The molecule has 3 nitrogen and oxygen atoms in total. The predicted octanol–water partition coefficient (Wildman–Crippen LogP) is 4.75. The number of hydrogen-bond donors (Lipinski definition) is 1. The summed E-state index contributed by atoms with van der Waals surface area (Å²) in [6, 6.07) is 12.3. The first-order valence-electron chi connectivity index (χ1n) is 7.09. The molecule has 0 saturated carbocycles. The van der Waals surface area contributed by atoms with Gasteiger partial charge in [0, 0.05) is 16.2 Å². The van der Waals surface area contributed by atoms with Crippen molar-refractivity contribution in [3.63, 3.8) is 0 Å². The standard InChI is InChI=1S/C17H18N2OS2/c1-12-13(2)22-17(15(12)11-18)19-16(20)9-6-10-21-14-7-4-3-5-8-14/h3-5,7-8H,6,9-10H2,1-2H3,(H,19,20). The molecular formula is C17H18N2OS2. The van der Waals surface area contributed by atoms with Gasteiger partial charge in [0.15, 0.2) is 0 Å². The summed E-state index contributed by atoms with van der Waals surface area (Å²) in [5.41, 5.74) is 1.55. The van der Waals surface area contributed by atoms with Crippen molar-refractivity contribution < 1.29 is 4.79 Å². The minimum atomic E-state index is -0.0218. The second-order valence-corrected chi connectivity index (χ2v) is 7.31. The van der Waals surface area contributed by atoms with Crippen LogP contribution in [0.3, 0.4) is 0 Å². The minimum Gasteiger partial charge on any atom is -0.317 e. The third-order valence-corrected chi connectivity index (χ3v) is 5.53. The summed E-state index contributed by atoms with van der Waals surface area (Å²) in [7, 11) is 0. The summed E-state index contributed by atoms with van der Waals surface area (Å²) >= 11 is 3.22. The van der Waals surface area contributed by atoms with Gasteiger partial charge in [0.05, 0.1) is 5.56 Å². The van der Waals surface area contributed by atoms with Crippen LogP contribution in [0, 0.1) is 25.2 Å². The van der Waals surface area contributed by atoms with Crippen LogP contribution in [0.15, 0.2) is 35.2 Å². The van der Waals surface area contributed by atoms with Crippen LogP contribution in [0.1, 0.15) is 28.8 Å². The summed E-state index contributed by atoms with van der Waals surface area (Å²) in [6.07, 6.45) is 1.29. The van der Waals surface area contributed by atoms with E-state index in [0.29, 0.717) is 17.0 Å². The lowest BCUT2D eigenvalue weighted by atomic mass is 10.2. The molecule has 0 unspecified atom stereocenters. The molecule has 1 heterocycles. The van der Waals surface area contributed by atoms with E-state index in [4.69, 9.17) is 5.26 Å². The minimum absolute atomic E-state index is 0.0218. The van der Waals surface area contributed by atoms with E-state index in [0.717, 1.165) is 22.6 Å². The highest BCUT2D eigenvalue weighted by Crippen LogP contribution is 2.31. The van der Waals surface area contributed by atoms with Crippen LogP contribution in [0.4, 0.5) is 5.00 Å². The lowest BCUT2D eigenvalue weighted by Gasteiger charge is -2.04. The molecule has 1 N–H and O–H groups in total. The zero-order valence-corrected chi connectivity index (χ0v) is 14.3. The van der Waals surface area contributed by atoms with Crippen LogP contribution in [0.25, 0.3) is 0 Å². The van der Waals surface area contributed by atoms with Crippen molar-refractivity contribution in [3.05, 3.63) is 46.3 Å². The Morgan fingerprint density at radius 3 is 2.73 bits per heavy atom. The number of nitriles is 1. The molecule has 0 bridgehead atoms. The largest absolute Gasteiger partial charge is 0.317 e. The van der Waals surface area contributed by atoms with Crippen LogP contribution in [0.5, 0.6) is 0 Å². The highest BCUT2D eigenvalue weighted by Gasteiger charge is 2.14. The molecule has 2 aromatic rings. The van der Waals surface area contributed by atoms with E-state index < -0.39 is 0 Å². The van der Waals surface area contributed by atoms with Crippen molar-refractivity contribution in [2.45, 2.75) is 31.6 Å². The van der Waals surface area contributed by atoms with Crippen molar-refractivity contribution in [3.8, 4) is 6.07 Å². The number of rotatable bonds is 6. The maximum atomic E-state index is 12.0. The molecule has 5 heteroatoms. The molecule has 1 aromatic heterocycles. The quantitative estimate of drug-likeness (QED) is 0.614. The number of thioether (sulfide) groups is 1. The summed E-state index contributed by atoms with van der Waals surface area (Å²) < 4.78 is 0. The zero-order valence-electron chi connectivity index (χ0n) is 12.7. The van der Waals surface area contributed by atoms with Gasteiger partial charge in [-0.1, -0.05) is 18.2 Å².